The second kappa shape index (κ2) is 14.0. The van der Waals surface area contributed by atoms with Gasteiger partial charge in [0, 0.05) is 58.3 Å². The Balaban J connectivity index is 0.000000159. The van der Waals surface area contributed by atoms with Gasteiger partial charge in [-0.1, -0.05) is 6.07 Å². The molecule has 0 spiro atoms. The van der Waals surface area contributed by atoms with Gasteiger partial charge in [0.2, 0.25) is 5.88 Å². The predicted octanol–water partition coefficient (Wildman–Crippen LogP) is 5.75. The summed E-state index contributed by atoms with van der Waals surface area (Å²) in [6.07, 6.45) is 9.31. The largest absolute Gasteiger partial charge is 0.481 e. The van der Waals surface area contributed by atoms with Gasteiger partial charge in [0.15, 0.2) is 29.0 Å². The standard InChI is InChI=1S/C19H15N5O2.C17H13N5O3/c1-11-16(25)6-9-21-17(11)12-2-3-15-14(10-12)18(24-23-15)19(26)22-13-4-7-20-8-5-13;1-24-15-5-3-11(7-19-15)20-17(23)16-12-6-10(14-8-18-9-25-14)2-4-13(12)21-22-16/h2-10H,1H3,(H,21,25)(H,23,24)(H,20,22,26);2-9H,1H3,(H,20,23)(H,21,22). The van der Waals surface area contributed by atoms with Gasteiger partial charge in [0.25, 0.3) is 11.8 Å². The fourth-order valence-corrected chi connectivity index (χ4v) is 5.29. The maximum atomic E-state index is 12.6. The molecular formula is C36H28N10O5. The summed E-state index contributed by atoms with van der Waals surface area (Å²) in [6.45, 7) is 1.77. The molecule has 0 unspecified atom stereocenters. The highest BCUT2D eigenvalue weighted by Crippen LogP contribution is 2.27. The van der Waals surface area contributed by atoms with Crippen LogP contribution in [0.5, 0.6) is 5.88 Å². The van der Waals surface area contributed by atoms with Crippen LogP contribution in [0.1, 0.15) is 26.5 Å². The van der Waals surface area contributed by atoms with Gasteiger partial charge < -0.3 is 24.8 Å². The number of pyridine rings is 3. The number of ether oxygens (including phenoxy) is 1. The van der Waals surface area contributed by atoms with Gasteiger partial charge in [-0.15, -0.1) is 0 Å². The van der Waals surface area contributed by atoms with Crippen LogP contribution >= 0.6 is 0 Å². The number of fused-ring (bicyclic) bond motifs is 2. The van der Waals surface area contributed by atoms with E-state index >= 15 is 0 Å². The second-order valence-corrected chi connectivity index (χ2v) is 11.1. The van der Waals surface area contributed by atoms with E-state index in [1.807, 2.05) is 36.4 Å². The number of carbonyl (C=O) groups is 2. The van der Waals surface area contributed by atoms with E-state index in [2.05, 4.69) is 51.0 Å². The zero-order chi connectivity index (χ0) is 35.3. The Hall–Kier alpha value is -7.42. The minimum absolute atomic E-state index is 0.0401. The van der Waals surface area contributed by atoms with Crippen molar-refractivity contribution in [1.82, 2.24) is 40.3 Å². The first kappa shape index (κ1) is 32.1. The molecule has 15 nitrogen and oxygen atoms in total. The molecule has 5 N–H and O–H groups in total. The summed E-state index contributed by atoms with van der Waals surface area (Å²) >= 11 is 0. The predicted molar refractivity (Wildman–Crippen MR) is 189 cm³/mol. The van der Waals surface area contributed by atoms with Crippen molar-refractivity contribution in [2.75, 3.05) is 17.7 Å². The van der Waals surface area contributed by atoms with Gasteiger partial charge in [-0.25, -0.2) is 9.97 Å². The zero-order valence-electron chi connectivity index (χ0n) is 27.1. The monoisotopic (exact) mass is 680 g/mol. The number of nitrogens with zero attached hydrogens (tertiary/aromatic N) is 5. The van der Waals surface area contributed by atoms with Crippen LogP contribution in [0.2, 0.25) is 0 Å². The summed E-state index contributed by atoms with van der Waals surface area (Å²) in [5.41, 5.74) is 6.18. The maximum absolute atomic E-state index is 12.6. The Morgan fingerprint density at radius 1 is 0.765 bits per heavy atom. The summed E-state index contributed by atoms with van der Waals surface area (Å²) in [4.78, 5) is 52.0. The van der Waals surface area contributed by atoms with E-state index in [0.717, 1.165) is 27.9 Å². The van der Waals surface area contributed by atoms with E-state index in [-0.39, 0.29) is 28.6 Å². The lowest BCUT2D eigenvalue weighted by molar-refractivity contribution is 0.101. The summed E-state index contributed by atoms with van der Waals surface area (Å²) in [5, 5.41) is 20.9. The fraction of sp³-hybridized carbons (Fsp3) is 0.0556. The van der Waals surface area contributed by atoms with Gasteiger partial charge in [0.1, 0.15) is 0 Å². The molecule has 252 valence electrons. The normalized spacial score (nSPS) is 10.8. The highest BCUT2D eigenvalue weighted by molar-refractivity contribution is 6.12. The van der Waals surface area contributed by atoms with Crippen molar-refractivity contribution in [1.29, 1.82) is 0 Å². The molecule has 0 saturated heterocycles. The smallest absolute Gasteiger partial charge is 0.276 e. The minimum Gasteiger partial charge on any atom is -0.481 e. The fourth-order valence-electron chi connectivity index (χ4n) is 5.29. The molecule has 0 aliphatic heterocycles. The molecule has 0 fully saturated rings. The molecule has 2 amide bonds. The molecule has 15 heteroatoms. The Morgan fingerprint density at radius 3 is 2.06 bits per heavy atom. The topological polar surface area (TPSA) is 209 Å². The average molecular weight is 681 g/mol. The van der Waals surface area contributed by atoms with Gasteiger partial charge in [-0.2, -0.15) is 10.2 Å². The number of methoxy groups -OCH3 is 1. The van der Waals surface area contributed by atoms with Crippen LogP contribution in [0.4, 0.5) is 11.4 Å². The van der Waals surface area contributed by atoms with E-state index in [0.29, 0.717) is 39.4 Å². The number of nitrogens with one attached hydrogen (secondary N) is 5. The quantitative estimate of drug-likeness (QED) is 0.138. The number of aromatic amines is 3. The summed E-state index contributed by atoms with van der Waals surface area (Å²) in [7, 11) is 1.53. The van der Waals surface area contributed by atoms with Crippen molar-refractivity contribution >= 4 is 45.0 Å². The molecule has 51 heavy (non-hydrogen) atoms. The van der Waals surface area contributed by atoms with E-state index in [1.165, 1.54) is 25.8 Å². The summed E-state index contributed by atoms with van der Waals surface area (Å²) < 4.78 is 10.3. The van der Waals surface area contributed by atoms with Crippen LogP contribution in [0, 0.1) is 6.92 Å². The number of carbonyl (C=O) groups excluding carboxylic acids is 2. The Labute approximate surface area is 288 Å². The van der Waals surface area contributed by atoms with E-state index in [1.54, 1.807) is 56.0 Å². The SMILES string of the molecule is COc1ccc(NC(=O)c2n[nH]c3ccc(-c4cnco4)cc23)cn1.Cc1c(-c2ccc3[nH]nc(C(=O)Nc4ccncc4)c3c2)[nH]ccc1=O. The number of aromatic nitrogens is 8. The molecular weight excluding hydrogens is 652 g/mol. The Morgan fingerprint density at radius 2 is 1.43 bits per heavy atom. The first-order chi connectivity index (χ1) is 24.9. The molecule has 8 aromatic rings. The van der Waals surface area contributed by atoms with Crippen LogP contribution < -0.4 is 20.8 Å². The molecule has 2 aromatic carbocycles. The number of hydrogen-bond donors (Lipinski definition) is 5. The molecule has 6 heterocycles. The molecule has 0 aliphatic rings. The van der Waals surface area contributed by atoms with Crippen LogP contribution in [0.15, 0.2) is 113 Å². The third-order valence-corrected chi connectivity index (χ3v) is 7.91. The highest BCUT2D eigenvalue weighted by atomic mass is 16.5. The first-order valence-electron chi connectivity index (χ1n) is 15.4. The summed E-state index contributed by atoms with van der Waals surface area (Å²) in [6, 6.07) is 19.4. The molecule has 0 saturated carbocycles. The van der Waals surface area contributed by atoms with Crippen molar-refractivity contribution in [3.8, 4) is 28.5 Å². The van der Waals surface area contributed by atoms with Crippen LogP contribution in [-0.4, -0.2) is 59.3 Å². The number of anilines is 2. The first-order valence-corrected chi connectivity index (χ1v) is 15.4. The summed E-state index contributed by atoms with van der Waals surface area (Å²) in [5.74, 6) is 0.430. The number of H-pyrrole nitrogens is 3. The van der Waals surface area contributed by atoms with E-state index < -0.39 is 0 Å². The number of benzene rings is 2. The second-order valence-electron chi connectivity index (χ2n) is 11.1. The van der Waals surface area contributed by atoms with Crippen molar-refractivity contribution in [3.05, 3.63) is 131 Å². The van der Waals surface area contributed by atoms with Crippen LogP contribution in [0.3, 0.4) is 0 Å². The lowest BCUT2D eigenvalue weighted by Crippen LogP contribution is -2.13. The van der Waals surface area contributed by atoms with Crippen molar-refractivity contribution in [2.45, 2.75) is 6.92 Å². The van der Waals surface area contributed by atoms with Crippen molar-refractivity contribution in [2.24, 2.45) is 0 Å². The van der Waals surface area contributed by atoms with E-state index in [4.69, 9.17) is 9.15 Å². The Kier molecular flexibility index (Phi) is 8.81. The lowest BCUT2D eigenvalue weighted by atomic mass is 10.0. The van der Waals surface area contributed by atoms with Crippen molar-refractivity contribution < 1.29 is 18.7 Å². The molecule has 0 radical (unpaired) electrons. The van der Waals surface area contributed by atoms with Gasteiger partial charge in [-0.05, 0) is 61.0 Å². The van der Waals surface area contributed by atoms with Crippen LogP contribution in [-0.2, 0) is 0 Å². The number of rotatable bonds is 7. The molecule has 0 aliphatic carbocycles. The number of amides is 2. The molecule has 0 atom stereocenters. The Bertz CT molecular complexity index is 2540. The minimum atomic E-state index is -0.340. The third kappa shape index (κ3) is 6.80. The van der Waals surface area contributed by atoms with E-state index in [9.17, 15) is 14.4 Å². The van der Waals surface area contributed by atoms with Crippen molar-refractivity contribution in [3.63, 3.8) is 0 Å². The molecule has 8 rings (SSSR count). The number of hydrogen-bond acceptors (Lipinski definition) is 10. The molecule has 6 aromatic heterocycles. The maximum Gasteiger partial charge on any atom is 0.276 e. The zero-order valence-corrected chi connectivity index (χ0v) is 27.1. The lowest BCUT2D eigenvalue weighted by Gasteiger charge is -2.06. The van der Waals surface area contributed by atoms with Gasteiger partial charge in [-0.3, -0.25) is 29.6 Å². The highest BCUT2D eigenvalue weighted by Gasteiger charge is 2.17. The third-order valence-electron chi connectivity index (χ3n) is 7.91. The van der Waals surface area contributed by atoms with Gasteiger partial charge >= 0.3 is 0 Å². The van der Waals surface area contributed by atoms with Crippen LogP contribution in [0.25, 0.3) is 44.4 Å². The average Bonchev–Trinajstić information content (AvgIpc) is 3.94. The molecule has 0 bridgehead atoms. The van der Waals surface area contributed by atoms with Gasteiger partial charge in [0.05, 0.1) is 41.9 Å². The number of oxazole rings is 1.